The fraction of sp³-hybridized carbons (Fsp3) is 1.00. The number of hydrogen-bond acceptors (Lipinski definition) is 3. The summed E-state index contributed by atoms with van der Waals surface area (Å²) in [5.74, 6) is 0.577. The Morgan fingerprint density at radius 1 is 1.46 bits per heavy atom. The molecule has 0 aliphatic carbocycles. The van der Waals surface area contributed by atoms with Gasteiger partial charge in [-0.05, 0) is 18.8 Å². The fourth-order valence-corrected chi connectivity index (χ4v) is 1.79. The average Bonchev–Trinajstić information content (AvgIpc) is 2.03. The first-order valence-electron chi connectivity index (χ1n) is 4.99. The second kappa shape index (κ2) is 4.94. The first kappa shape index (κ1) is 11.0. The van der Waals surface area contributed by atoms with Crippen LogP contribution in [0.4, 0.5) is 0 Å². The summed E-state index contributed by atoms with van der Waals surface area (Å²) in [6, 6.07) is 0. The van der Waals surface area contributed by atoms with Gasteiger partial charge in [-0.3, -0.25) is 0 Å². The highest BCUT2D eigenvalue weighted by molar-refractivity contribution is 4.77. The summed E-state index contributed by atoms with van der Waals surface area (Å²) < 4.78 is 10.7. The van der Waals surface area contributed by atoms with Crippen molar-refractivity contribution in [1.29, 1.82) is 0 Å². The summed E-state index contributed by atoms with van der Waals surface area (Å²) in [5.41, 5.74) is 0. The number of hydrogen-bond donors (Lipinski definition) is 1. The molecule has 3 heteroatoms. The van der Waals surface area contributed by atoms with Crippen molar-refractivity contribution >= 4 is 0 Å². The molecule has 0 amide bonds. The van der Waals surface area contributed by atoms with E-state index < -0.39 is 6.29 Å². The monoisotopic (exact) mass is 188 g/mol. The van der Waals surface area contributed by atoms with Crippen LogP contribution in [-0.2, 0) is 9.47 Å². The Hall–Kier alpha value is -0.120. The van der Waals surface area contributed by atoms with Gasteiger partial charge in [0.25, 0.3) is 0 Å². The van der Waals surface area contributed by atoms with Crippen LogP contribution in [0, 0.1) is 5.92 Å². The highest BCUT2D eigenvalue weighted by atomic mass is 16.6. The highest BCUT2D eigenvalue weighted by Gasteiger charge is 2.30. The third-order valence-corrected chi connectivity index (χ3v) is 2.45. The number of methoxy groups -OCH3 is 1. The van der Waals surface area contributed by atoms with Crippen LogP contribution in [0.15, 0.2) is 0 Å². The molecule has 1 aliphatic heterocycles. The summed E-state index contributed by atoms with van der Waals surface area (Å²) in [6.07, 6.45) is 2.17. The zero-order valence-electron chi connectivity index (χ0n) is 8.69. The van der Waals surface area contributed by atoms with Crippen LogP contribution in [0.5, 0.6) is 0 Å². The molecule has 3 atom stereocenters. The van der Waals surface area contributed by atoms with E-state index in [2.05, 4.69) is 13.8 Å². The number of ether oxygens (including phenoxy) is 2. The van der Waals surface area contributed by atoms with Crippen molar-refractivity contribution in [1.82, 2.24) is 0 Å². The second-order valence-electron chi connectivity index (χ2n) is 4.11. The van der Waals surface area contributed by atoms with Gasteiger partial charge in [0.1, 0.15) is 0 Å². The van der Waals surface area contributed by atoms with E-state index in [9.17, 15) is 5.11 Å². The molecule has 1 heterocycles. The van der Waals surface area contributed by atoms with Crippen molar-refractivity contribution in [2.45, 2.75) is 51.6 Å². The van der Waals surface area contributed by atoms with Gasteiger partial charge in [0.05, 0.1) is 12.2 Å². The maximum atomic E-state index is 9.33. The molecule has 3 nitrogen and oxygen atoms in total. The number of rotatable bonds is 3. The molecular weight excluding hydrogens is 168 g/mol. The Kier molecular flexibility index (Phi) is 4.16. The van der Waals surface area contributed by atoms with Crippen LogP contribution in [-0.4, -0.2) is 30.7 Å². The summed E-state index contributed by atoms with van der Waals surface area (Å²) in [6.45, 7) is 4.30. The lowest BCUT2D eigenvalue weighted by molar-refractivity contribution is -0.207. The van der Waals surface area contributed by atoms with E-state index in [4.69, 9.17) is 9.47 Å². The molecule has 1 rings (SSSR count). The molecule has 0 spiro atoms. The van der Waals surface area contributed by atoms with Gasteiger partial charge < -0.3 is 14.6 Å². The van der Waals surface area contributed by atoms with E-state index >= 15 is 0 Å². The van der Waals surface area contributed by atoms with E-state index in [1.165, 1.54) is 0 Å². The zero-order valence-corrected chi connectivity index (χ0v) is 8.69. The summed E-state index contributed by atoms with van der Waals surface area (Å²) >= 11 is 0. The molecule has 1 aliphatic rings. The Bertz CT molecular complexity index is 145. The molecule has 1 saturated heterocycles. The lowest BCUT2D eigenvalue weighted by Gasteiger charge is -2.34. The molecule has 0 aromatic carbocycles. The molecule has 0 aromatic heterocycles. The molecule has 0 saturated carbocycles. The Morgan fingerprint density at radius 2 is 2.15 bits per heavy atom. The SMILES string of the molecule is COC1CCC(O)OC1CC(C)C. The van der Waals surface area contributed by atoms with Crippen LogP contribution in [0.1, 0.15) is 33.1 Å². The smallest absolute Gasteiger partial charge is 0.155 e. The minimum Gasteiger partial charge on any atom is -0.379 e. The van der Waals surface area contributed by atoms with Crippen LogP contribution in [0.25, 0.3) is 0 Å². The third kappa shape index (κ3) is 3.25. The molecule has 3 unspecified atom stereocenters. The van der Waals surface area contributed by atoms with Gasteiger partial charge in [0.15, 0.2) is 6.29 Å². The summed E-state index contributed by atoms with van der Waals surface area (Å²) in [7, 11) is 1.71. The molecule has 13 heavy (non-hydrogen) atoms. The number of aliphatic hydroxyl groups is 1. The standard InChI is InChI=1S/C10H20O3/c1-7(2)6-9-8(12-3)4-5-10(11)13-9/h7-11H,4-6H2,1-3H3. The van der Waals surface area contributed by atoms with E-state index in [0.29, 0.717) is 12.3 Å². The molecule has 0 aromatic rings. The number of aliphatic hydroxyl groups excluding tert-OH is 1. The molecule has 1 fully saturated rings. The average molecular weight is 188 g/mol. The molecule has 1 N–H and O–H groups in total. The van der Waals surface area contributed by atoms with E-state index in [1.807, 2.05) is 0 Å². The predicted molar refractivity (Wildman–Crippen MR) is 50.4 cm³/mol. The first-order chi connectivity index (χ1) is 6.13. The highest BCUT2D eigenvalue weighted by Crippen LogP contribution is 2.24. The minimum absolute atomic E-state index is 0.0637. The van der Waals surface area contributed by atoms with Gasteiger partial charge in [-0.15, -0.1) is 0 Å². The fourth-order valence-electron chi connectivity index (χ4n) is 1.79. The third-order valence-electron chi connectivity index (χ3n) is 2.45. The predicted octanol–water partition coefficient (Wildman–Crippen LogP) is 1.54. The van der Waals surface area contributed by atoms with Gasteiger partial charge in [-0.1, -0.05) is 13.8 Å². The Balaban J connectivity index is 2.44. The summed E-state index contributed by atoms with van der Waals surface area (Å²) in [4.78, 5) is 0. The Labute approximate surface area is 80.0 Å². The van der Waals surface area contributed by atoms with E-state index in [1.54, 1.807) is 7.11 Å². The molecule has 0 bridgehead atoms. The van der Waals surface area contributed by atoms with Gasteiger partial charge >= 0.3 is 0 Å². The maximum Gasteiger partial charge on any atom is 0.155 e. The topological polar surface area (TPSA) is 38.7 Å². The van der Waals surface area contributed by atoms with Gasteiger partial charge in [0, 0.05) is 13.5 Å². The van der Waals surface area contributed by atoms with Crippen molar-refractivity contribution in [2.24, 2.45) is 5.92 Å². The second-order valence-corrected chi connectivity index (χ2v) is 4.11. The lowest BCUT2D eigenvalue weighted by atomic mass is 9.96. The zero-order chi connectivity index (χ0) is 9.84. The summed E-state index contributed by atoms with van der Waals surface area (Å²) in [5, 5.41) is 9.33. The van der Waals surface area contributed by atoms with Crippen molar-refractivity contribution in [3.05, 3.63) is 0 Å². The maximum absolute atomic E-state index is 9.33. The molecule has 0 radical (unpaired) electrons. The van der Waals surface area contributed by atoms with Crippen LogP contribution in [0.3, 0.4) is 0 Å². The van der Waals surface area contributed by atoms with Gasteiger partial charge in [-0.2, -0.15) is 0 Å². The van der Waals surface area contributed by atoms with Crippen molar-refractivity contribution < 1.29 is 14.6 Å². The minimum atomic E-state index is -0.588. The van der Waals surface area contributed by atoms with Crippen molar-refractivity contribution in [3.8, 4) is 0 Å². The van der Waals surface area contributed by atoms with Crippen LogP contribution < -0.4 is 0 Å². The molecular formula is C10H20O3. The largest absolute Gasteiger partial charge is 0.379 e. The van der Waals surface area contributed by atoms with Crippen LogP contribution >= 0.6 is 0 Å². The van der Waals surface area contributed by atoms with Gasteiger partial charge in [-0.25, -0.2) is 0 Å². The Morgan fingerprint density at radius 3 is 2.69 bits per heavy atom. The van der Waals surface area contributed by atoms with Crippen LogP contribution in [0.2, 0.25) is 0 Å². The van der Waals surface area contributed by atoms with Crippen molar-refractivity contribution in [3.63, 3.8) is 0 Å². The quantitative estimate of drug-likeness (QED) is 0.730. The first-order valence-corrected chi connectivity index (χ1v) is 4.99. The molecule has 78 valence electrons. The normalized spacial score (nSPS) is 35.3. The van der Waals surface area contributed by atoms with Gasteiger partial charge in [0.2, 0.25) is 0 Å². The lowest BCUT2D eigenvalue weighted by Crippen LogP contribution is -2.40. The van der Waals surface area contributed by atoms with E-state index in [0.717, 1.165) is 12.8 Å². The van der Waals surface area contributed by atoms with E-state index in [-0.39, 0.29) is 12.2 Å². The van der Waals surface area contributed by atoms with Crippen molar-refractivity contribution in [2.75, 3.05) is 7.11 Å².